The van der Waals surface area contributed by atoms with E-state index in [1.165, 1.54) is 77.0 Å². The topological polar surface area (TPSA) is 71.1 Å². The molecule has 9 aliphatic carbocycles. The summed E-state index contributed by atoms with van der Waals surface area (Å²) < 4.78 is 26.7. The summed E-state index contributed by atoms with van der Waals surface area (Å²) in [5.74, 6) is 4.36. The average molecular weight is 853 g/mol. The lowest BCUT2D eigenvalue weighted by Crippen LogP contribution is -2.54. The maximum absolute atomic E-state index is 15.0. The molecule has 0 radical (unpaired) electrons. The van der Waals surface area contributed by atoms with Gasteiger partial charge in [-0.25, -0.2) is 0 Å². The minimum atomic E-state index is -2.07. The summed E-state index contributed by atoms with van der Waals surface area (Å²) in [7, 11) is -4.14. The van der Waals surface area contributed by atoms with E-state index in [9.17, 15) is 9.59 Å². The minimum Gasteiger partial charge on any atom is -0.544 e. The van der Waals surface area contributed by atoms with Gasteiger partial charge in [0, 0.05) is 22.7 Å². The molecule has 8 heteroatoms. The Morgan fingerprint density at radius 3 is 1.02 bits per heavy atom. The van der Waals surface area contributed by atoms with Crippen LogP contribution in [0.15, 0.2) is 48.5 Å². The van der Waals surface area contributed by atoms with Crippen LogP contribution in [-0.2, 0) is 19.1 Å². The predicted molar refractivity (Wildman–Crippen MR) is 244 cm³/mol. The fraction of sp³-hybridized carbons (Fsp3) is 0.731. The van der Waals surface area contributed by atoms with Crippen LogP contribution in [0.5, 0.6) is 11.5 Å². The first-order valence-electron chi connectivity index (χ1n) is 24.0. The summed E-state index contributed by atoms with van der Waals surface area (Å²) in [4.78, 5) is 29.9. The molecule has 2 aromatic carbocycles. The Balaban J connectivity index is 1.03. The maximum atomic E-state index is 15.0. The lowest BCUT2D eigenvalue weighted by atomic mass is 9.50. The van der Waals surface area contributed by atoms with Crippen molar-refractivity contribution in [1.82, 2.24) is 0 Å². The molecule has 9 aliphatic rings. The van der Waals surface area contributed by atoms with Gasteiger partial charge in [-0.2, -0.15) is 0 Å². The van der Waals surface area contributed by atoms with Crippen molar-refractivity contribution in [2.24, 2.45) is 58.2 Å². The Morgan fingerprint density at radius 1 is 0.500 bits per heavy atom. The Hall–Kier alpha value is -2.59. The molecule has 9 saturated carbocycles. The van der Waals surface area contributed by atoms with Crippen molar-refractivity contribution in [3.63, 3.8) is 0 Å². The van der Waals surface area contributed by atoms with Crippen molar-refractivity contribution in [1.29, 1.82) is 0 Å². The van der Waals surface area contributed by atoms with Gasteiger partial charge in [-0.3, -0.25) is 9.59 Å². The molecule has 11 rings (SSSR count). The summed E-state index contributed by atoms with van der Waals surface area (Å²) in [6, 6.07) is 16.7. The highest BCUT2D eigenvalue weighted by Gasteiger charge is 2.61. The van der Waals surface area contributed by atoms with E-state index in [2.05, 4.69) is 116 Å². The number of ether oxygens (including phenoxy) is 2. The van der Waals surface area contributed by atoms with Crippen molar-refractivity contribution >= 4 is 28.6 Å². The third kappa shape index (κ3) is 7.98. The summed E-state index contributed by atoms with van der Waals surface area (Å²) in [6.07, 6.45) is 15.3. The van der Waals surface area contributed by atoms with Gasteiger partial charge in [0.25, 0.3) is 0 Å². The van der Waals surface area contributed by atoms with Crippen molar-refractivity contribution in [3.8, 4) is 11.5 Å². The smallest absolute Gasteiger partial charge is 0.310 e. The first kappa shape index (κ1) is 42.7. The maximum Gasteiger partial charge on any atom is 0.310 e. The Kier molecular flexibility index (Phi) is 10.7. The lowest BCUT2D eigenvalue weighted by Gasteiger charge is -2.57. The molecule has 2 aromatic rings. The van der Waals surface area contributed by atoms with E-state index in [1.54, 1.807) is 0 Å². The van der Waals surface area contributed by atoms with Crippen molar-refractivity contribution < 1.29 is 27.9 Å². The number of rotatable bonds is 12. The molecule has 0 spiro atoms. The van der Waals surface area contributed by atoms with E-state index in [4.69, 9.17) is 18.3 Å². The highest BCUT2D eigenvalue weighted by Crippen LogP contribution is 2.63. The fourth-order valence-corrected chi connectivity index (χ4v) is 16.2. The van der Waals surface area contributed by atoms with E-state index in [0.29, 0.717) is 13.2 Å². The average Bonchev–Trinajstić information content (AvgIpc) is 3.12. The quantitative estimate of drug-likeness (QED) is 0.156. The van der Waals surface area contributed by atoms with Crippen LogP contribution in [0, 0.1) is 58.2 Å². The molecule has 0 N–H and O–H groups in total. The zero-order chi connectivity index (χ0) is 42.6. The second-order valence-electron chi connectivity index (χ2n) is 25.0. The molecule has 328 valence electrons. The summed E-state index contributed by atoms with van der Waals surface area (Å²) in [5, 5.41) is 0.129. The van der Waals surface area contributed by atoms with Gasteiger partial charge in [0.05, 0.1) is 25.0 Å². The number of carbonyl (C=O) groups excluding carboxylic acids is 2. The predicted octanol–water partition coefficient (Wildman–Crippen LogP) is 13.1. The molecular weight excluding hydrogens is 777 g/mol. The highest BCUT2D eigenvalue weighted by molar-refractivity contribution is 6.75. The van der Waals surface area contributed by atoms with Crippen LogP contribution in [-0.4, -0.2) is 41.8 Å². The summed E-state index contributed by atoms with van der Waals surface area (Å²) >= 11 is 0. The molecule has 0 atom stereocenters. The molecule has 0 amide bonds. The van der Waals surface area contributed by atoms with Gasteiger partial charge in [-0.05, 0) is 184 Å². The number of carbonyl (C=O) groups is 2. The molecule has 0 heterocycles. The van der Waals surface area contributed by atoms with E-state index in [-0.39, 0.29) is 44.7 Å². The van der Waals surface area contributed by atoms with Crippen LogP contribution in [0.3, 0.4) is 0 Å². The van der Waals surface area contributed by atoms with Gasteiger partial charge in [0.2, 0.25) is 16.6 Å². The van der Waals surface area contributed by atoms with Crippen LogP contribution in [0.25, 0.3) is 0 Å². The Morgan fingerprint density at radius 2 is 0.767 bits per heavy atom. The number of hydrogen-bond acceptors (Lipinski definition) is 6. The Bertz CT molecular complexity index is 1700. The van der Waals surface area contributed by atoms with Gasteiger partial charge >= 0.3 is 11.9 Å². The fourth-order valence-electron chi connectivity index (χ4n) is 14.1. The van der Waals surface area contributed by atoms with Crippen LogP contribution < -0.4 is 8.85 Å². The second kappa shape index (κ2) is 15.0. The standard InChI is InChI=1S/C52H76O6Si2/c1-49(2,3)59(7,8)57-41-15-11-39(12-16-41)43-45(47(53)55-31-51-25-33-19-34(26-51)21-35(20-33)27-51)44(40-13-17-42(18-14-40)58-60(9,10)50(4,5)6)46(43)48(54)56-32-52-28-36-22-37(29-52)24-38(23-36)30-52/h11-18,33-38,43-46H,19-32H2,1-10H3. The first-order valence-corrected chi connectivity index (χ1v) is 29.8. The summed E-state index contributed by atoms with van der Waals surface area (Å²) in [6.45, 7) is 23.6. The number of benzene rings is 2. The molecule has 8 bridgehead atoms. The minimum absolute atomic E-state index is 0.0647. The molecule has 0 saturated heterocycles. The molecule has 0 aliphatic heterocycles. The molecule has 6 nitrogen and oxygen atoms in total. The zero-order valence-corrected chi connectivity index (χ0v) is 40.7. The van der Waals surface area contributed by atoms with E-state index in [0.717, 1.165) is 58.1 Å². The van der Waals surface area contributed by atoms with Crippen LogP contribution in [0.2, 0.25) is 36.3 Å². The van der Waals surface area contributed by atoms with Crippen LogP contribution in [0.4, 0.5) is 0 Å². The SMILES string of the molecule is CC(C)(C)[Si](C)(C)Oc1ccc(C2C(C(=O)OCC34CC5CC(CC(C5)C3)C4)C(c3ccc(O[Si](C)(C)C(C)(C)C)cc3)C2C(=O)OCC23CC4CC(CC(C4)C2)C3)cc1. The summed E-state index contributed by atoms with van der Waals surface area (Å²) in [5.41, 5.74) is 2.20. The monoisotopic (exact) mass is 853 g/mol. The van der Waals surface area contributed by atoms with E-state index in [1.807, 2.05) is 0 Å². The molecule has 9 fully saturated rings. The van der Waals surface area contributed by atoms with Gasteiger partial charge < -0.3 is 18.3 Å². The van der Waals surface area contributed by atoms with Gasteiger partial charge in [0.15, 0.2) is 0 Å². The molecular formula is C52H76O6Si2. The van der Waals surface area contributed by atoms with Gasteiger partial charge in [-0.1, -0.05) is 65.8 Å². The largest absolute Gasteiger partial charge is 0.544 e. The first-order chi connectivity index (χ1) is 28.1. The number of hydrogen-bond donors (Lipinski definition) is 0. The molecule has 0 unspecified atom stereocenters. The van der Waals surface area contributed by atoms with Gasteiger partial charge in [0.1, 0.15) is 11.5 Å². The third-order valence-electron chi connectivity index (χ3n) is 18.4. The van der Waals surface area contributed by atoms with Crippen LogP contribution >= 0.6 is 0 Å². The second-order valence-corrected chi connectivity index (χ2v) is 34.5. The van der Waals surface area contributed by atoms with Crippen LogP contribution in [0.1, 0.15) is 142 Å². The third-order valence-corrected chi connectivity index (χ3v) is 27.1. The Labute approximate surface area is 364 Å². The van der Waals surface area contributed by atoms with E-state index < -0.39 is 28.5 Å². The van der Waals surface area contributed by atoms with E-state index >= 15 is 0 Å². The van der Waals surface area contributed by atoms with Crippen molar-refractivity contribution in [2.75, 3.05) is 13.2 Å². The van der Waals surface area contributed by atoms with Crippen molar-refractivity contribution in [2.45, 2.75) is 167 Å². The van der Waals surface area contributed by atoms with Gasteiger partial charge in [-0.15, -0.1) is 0 Å². The van der Waals surface area contributed by atoms with Crippen molar-refractivity contribution in [3.05, 3.63) is 59.7 Å². The normalized spacial score (nSPS) is 36.8. The molecule has 60 heavy (non-hydrogen) atoms. The highest BCUT2D eigenvalue weighted by atomic mass is 28.4. The molecule has 0 aromatic heterocycles. The lowest BCUT2D eigenvalue weighted by molar-refractivity contribution is -0.178. The number of esters is 2. The zero-order valence-electron chi connectivity index (χ0n) is 38.7.